The van der Waals surface area contributed by atoms with Gasteiger partial charge in [0, 0.05) is 55.1 Å². The summed E-state index contributed by atoms with van der Waals surface area (Å²) >= 11 is 0. The molecule has 0 aliphatic rings. The van der Waals surface area contributed by atoms with Gasteiger partial charge in [0.1, 0.15) is 22.3 Å². The molecule has 0 bridgehead atoms. The lowest BCUT2D eigenvalue weighted by molar-refractivity contribution is 0.668. The Hall–Kier alpha value is -8.09. The van der Waals surface area contributed by atoms with Gasteiger partial charge >= 0.3 is 0 Å². The summed E-state index contributed by atoms with van der Waals surface area (Å²) in [4.78, 5) is 16.0. The van der Waals surface area contributed by atoms with E-state index in [0.29, 0.717) is 17.5 Å². The number of benzene rings is 9. The Labute approximate surface area is 336 Å². The molecule has 0 N–H and O–H groups in total. The Morgan fingerprint density at radius 3 is 1.69 bits per heavy atom. The summed E-state index contributed by atoms with van der Waals surface area (Å²) in [5.41, 5.74) is 8.93. The number of rotatable bonds is 4. The average Bonchev–Trinajstić information content (AvgIpc) is 3.97. The van der Waals surface area contributed by atoms with Gasteiger partial charge in [-0.1, -0.05) is 127 Å². The molecular weight excluding hydrogens is 725 g/mol. The molecule has 0 unspecified atom stereocenters. The number of nitrogens with zero attached hydrogens (tertiary/aromatic N) is 4. The fourth-order valence-electron chi connectivity index (χ4n) is 9.11. The summed E-state index contributed by atoms with van der Waals surface area (Å²) in [6.45, 7) is 0. The van der Waals surface area contributed by atoms with Crippen molar-refractivity contribution in [3.05, 3.63) is 182 Å². The molecule has 0 atom stereocenters. The third-order valence-electron chi connectivity index (χ3n) is 11.8. The molecule has 59 heavy (non-hydrogen) atoms. The lowest BCUT2D eigenvalue weighted by Crippen LogP contribution is -2.02. The van der Waals surface area contributed by atoms with Crippen LogP contribution in [0.2, 0.25) is 0 Å². The summed E-state index contributed by atoms with van der Waals surface area (Å²) in [6, 6.07) is 63.3. The van der Waals surface area contributed by atoms with Gasteiger partial charge in [0.2, 0.25) is 0 Å². The molecule has 4 heterocycles. The highest BCUT2D eigenvalue weighted by Crippen LogP contribution is 2.42. The number of hydrogen-bond donors (Lipinski definition) is 0. The summed E-state index contributed by atoms with van der Waals surface area (Å²) in [5.74, 6) is 1.69. The number of aromatic nitrogens is 4. The largest absolute Gasteiger partial charge is 0.456 e. The minimum absolute atomic E-state index is 0.549. The van der Waals surface area contributed by atoms with Crippen LogP contribution in [0.4, 0.5) is 0 Å². The summed E-state index contributed by atoms with van der Waals surface area (Å²) in [6.07, 6.45) is 0. The van der Waals surface area contributed by atoms with E-state index >= 15 is 0 Å². The molecule has 9 aromatic carbocycles. The minimum atomic E-state index is 0.549. The lowest BCUT2D eigenvalue weighted by Gasteiger charge is -2.13. The number of para-hydroxylation sites is 3. The molecule has 0 aliphatic heterocycles. The smallest absolute Gasteiger partial charge is 0.164 e. The van der Waals surface area contributed by atoms with E-state index in [1.54, 1.807) is 0 Å². The first-order valence-electron chi connectivity index (χ1n) is 19.8. The molecule has 6 heteroatoms. The molecule has 0 amide bonds. The molecule has 0 radical (unpaired) electrons. The second-order valence-corrected chi connectivity index (χ2v) is 15.2. The molecule has 13 aromatic rings. The second-order valence-electron chi connectivity index (χ2n) is 15.2. The van der Waals surface area contributed by atoms with Crippen LogP contribution >= 0.6 is 0 Å². The van der Waals surface area contributed by atoms with Crippen LogP contribution in [0.1, 0.15) is 0 Å². The van der Waals surface area contributed by atoms with Crippen molar-refractivity contribution in [2.45, 2.75) is 0 Å². The van der Waals surface area contributed by atoms with Gasteiger partial charge in [-0.25, -0.2) is 15.0 Å². The summed E-state index contributed by atoms with van der Waals surface area (Å²) in [5, 5.41) is 10.9. The molecule has 0 spiro atoms. The lowest BCUT2D eigenvalue weighted by atomic mass is 10.0. The molecule has 274 valence electrons. The third-order valence-corrected chi connectivity index (χ3v) is 11.8. The Morgan fingerprint density at radius 1 is 0.339 bits per heavy atom. The second kappa shape index (κ2) is 12.2. The van der Waals surface area contributed by atoms with Crippen molar-refractivity contribution in [2.24, 2.45) is 0 Å². The Balaban J connectivity index is 1.14. The maximum atomic E-state index is 6.72. The highest BCUT2D eigenvalue weighted by molar-refractivity contribution is 6.16. The van der Waals surface area contributed by atoms with Gasteiger partial charge in [-0.3, -0.25) is 0 Å². The summed E-state index contributed by atoms with van der Waals surface area (Å²) in [7, 11) is 0. The fraction of sp³-hybridized carbons (Fsp3) is 0. The first-order chi connectivity index (χ1) is 29.2. The maximum Gasteiger partial charge on any atom is 0.164 e. The van der Waals surface area contributed by atoms with Gasteiger partial charge in [0.25, 0.3) is 0 Å². The van der Waals surface area contributed by atoms with Crippen molar-refractivity contribution in [3.63, 3.8) is 0 Å². The van der Waals surface area contributed by atoms with Crippen LogP contribution in [0.5, 0.6) is 0 Å². The Morgan fingerprint density at radius 2 is 0.915 bits per heavy atom. The predicted octanol–water partition coefficient (Wildman–Crippen LogP) is 14.1. The van der Waals surface area contributed by atoms with Crippen LogP contribution in [0.15, 0.2) is 191 Å². The molecule has 13 rings (SSSR count). The first-order valence-corrected chi connectivity index (χ1v) is 19.8. The average molecular weight is 755 g/mol. The Kier molecular flexibility index (Phi) is 6.63. The van der Waals surface area contributed by atoms with E-state index in [2.05, 4.69) is 144 Å². The van der Waals surface area contributed by atoms with E-state index in [1.807, 2.05) is 42.5 Å². The monoisotopic (exact) mass is 754 g/mol. The SMILES string of the molecule is c1ccc2cc(-c3nc(-c4cccc5oc6ccccc6c45)nc(-c4cc(-n5c6ccccc6c6cc7ccccc7cc65)cc5oc6ccccc6c45)n3)ccc2c1. The molecule has 4 aromatic heterocycles. The van der Waals surface area contributed by atoms with Crippen molar-refractivity contribution in [1.29, 1.82) is 0 Å². The number of fused-ring (bicyclic) bond motifs is 11. The van der Waals surface area contributed by atoms with E-state index in [9.17, 15) is 0 Å². The molecular formula is C53H30N4O2. The number of hydrogen-bond acceptors (Lipinski definition) is 5. The van der Waals surface area contributed by atoms with Crippen molar-refractivity contribution >= 4 is 87.2 Å². The van der Waals surface area contributed by atoms with Crippen LogP contribution in [0, 0.1) is 0 Å². The summed E-state index contributed by atoms with van der Waals surface area (Å²) < 4.78 is 15.4. The molecule has 0 saturated heterocycles. The van der Waals surface area contributed by atoms with E-state index in [-0.39, 0.29) is 0 Å². The van der Waals surface area contributed by atoms with Crippen molar-refractivity contribution < 1.29 is 8.83 Å². The fourth-order valence-corrected chi connectivity index (χ4v) is 9.11. The maximum absolute atomic E-state index is 6.72. The first kappa shape index (κ1) is 32.0. The van der Waals surface area contributed by atoms with Crippen molar-refractivity contribution in [1.82, 2.24) is 19.5 Å². The van der Waals surface area contributed by atoms with Crippen molar-refractivity contribution in [3.8, 4) is 39.9 Å². The van der Waals surface area contributed by atoms with Crippen LogP contribution in [0.3, 0.4) is 0 Å². The zero-order valence-electron chi connectivity index (χ0n) is 31.4. The van der Waals surface area contributed by atoms with Gasteiger partial charge in [-0.15, -0.1) is 0 Å². The van der Waals surface area contributed by atoms with Gasteiger partial charge in [-0.05, 0) is 70.1 Å². The molecule has 0 saturated carbocycles. The van der Waals surface area contributed by atoms with Crippen LogP contribution in [-0.2, 0) is 0 Å². The van der Waals surface area contributed by atoms with Crippen LogP contribution < -0.4 is 0 Å². The predicted molar refractivity (Wildman–Crippen MR) is 240 cm³/mol. The van der Waals surface area contributed by atoms with Gasteiger partial charge in [0.15, 0.2) is 17.5 Å². The van der Waals surface area contributed by atoms with Crippen LogP contribution in [0.25, 0.3) is 127 Å². The van der Waals surface area contributed by atoms with Crippen molar-refractivity contribution in [2.75, 3.05) is 0 Å². The van der Waals surface area contributed by atoms with Gasteiger partial charge in [0.05, 0.1) is 16.7 Å². The normalized spacial score (nSPS) is 12.1. The standard InChI is InChI=1S/C53H30N4O2/c1-2-13-32-26-35(25-24-31(32)12-1)51-54-52(40-19-11-23-47-49(40)38-17-6-9-21-45(38)58-47)56-53(55-51)42-29-36(30-48-50(42)39-18-7-10-22-46(39)59-48)57-43-20-8-5-16-37(43)41-27-33-14-3-4-15-34(33)28-44(41)57/h1-30H. The minimum Gasteiger partial charge on any atom is -0.456 e. The molecule has 0 fully saturated rings. The van der Waals surface area contributed by atoms with Crippen LogP contribution in [-0.4, -0.2) is 19.5 Å². The highest BCUT2D eigenvalue weighted by Gasteiger charge is 2.23. The zero-order valence-corrected chi connectivity index (χ0v) is 31.4. The Bertz CT molecular complexity index is 3870. The molecule has 0 aliphatic carbocycles. The number of furan rings is 2. The highest BCUT2D eigenvalue weighted by atomic mass is 16.3. The third kappa shape index (κ3) is 4.84. The van der Waals surface area contributed by atoms with Gasteiger partial charge < -0.3 is 13.4 Å². The van der Waals surface area contributed by atoms with E-state index in [1.165, 1.54) is 21.5 Å². The van der Waals surface area contributed by atoms with E-state index in [4.69, 9.17) is 23.8 Å². The molecule has 6 nitrogen and oxygen atoms in total. The zero-order chi connectivity index (χ0) is 38.6. The topological polar surface area (TPSA) is 69.9 Å². The van der Waals surface area contributed by atoms with E-state index in [0.717, 1.165) is 88.1 Å². The quantitative estimate of drug-likeness (QED) is 0.179. The van der Waals surface area contributed by atoms with Gasteiger partial charge in [-0.2, -0.15) is 0 Å². The van der Waals surface area contributed by atoms with E-state index < -0.39 is 0 Å².